The van der Waals surface area contributed by atoms with Crippen molar-refractivity contribution in [1.29, 1.82) is 0 Å². The molecule has 29 heavy (non-hydrogen) atoms. The normalized spacial score (nSPS) is 12.4. The summed E-state index contributed by atoms with van der Waals surface area (Å²) >= 11 is 0. The van der Waals surface area contributed by atoms with Crippen LogP contribution in [-0.4, -0.2) is 17.4 Å². The summed E-state index contributed by atoms with van der Waals surface area (Å²) in [4.78, 5) is 0. The second-order valence-electron chi connectivity index (χ2n) is 7.34. The van der Waals surface area contributed by atoms with Gasteiger partial charge in [-0.2, -0.15) is 0 Å². The van der Waals surface area contributed by atoms with Gasteiger partial charge in [0.15, 0.2) is 0 Å². The Morgan fingerprint density at radius 3 is 1.24 bits per heavy atom. The standard InChI is InChI=1S/C27H26OP/c28-24(21-23-13-5-1-6-14-23)22-29(25-15-7-2-8-16-25,26-17-9-3-10-18-26)27-19-11-4-12-20-27/h1-20,24,28H,21-22H2/q+1. The summed E-state index contributed by atoms with van der Waals surface area (Å²) in [7, 11) is -2.00. The van der Waals surface area contributed by atoms with Crippen LogP contribution >= 0.6 is 7.26 Å². The molecule has 0 radical (unpaired) electrons. The van der Waals surface area contributed by atoms with Crippen LogP contribution in [0.4, 0.5) is 0 Å². The maximum absolute atomic E-state index is 11.2. The van der Waals surface area contributed by atoms with Gasteiger partial charge in [-0.1, -0.05) is 84.9 Å². The Kier molecular flexibility index (Phi) is 6.20. The second-order valence-corrected chi connectivity index (χ2v) is 10.9. The van der Waals surface area contributed by atoms with Crippen molar-refractivity contribution in [1.82, 2.24) is 0 Å². The van der Waals surface area contributed by atoms with Gasteiger partial charge in [0.1, 0.15) is 23.2 Å². The molecule has 0 aliphatic heterocycles. The number of benzene rings is 4. The van der Waals surface area contributed by atoms with E-state index in [1.165, 1.54) is 21.5 Å². The molecule has 0 aliphatic carbocycles. The van der Waals surface area contributed by atoms with E-state index in [0.29, 0.717) is 6.42 Å². The van der Waals surface area contributed by atoms with Crippen LogP contribution in [0.3, 0.4) is 0 Å². The molecule has 0 amide bonds. The summed E-state index contributed by atoms with van der Waals surface area (Å²) in [6.07, 6.45) is 0.959. The molecule has 1 atom stereocenters. The quantitative estimate of drug-likeness (QED) is 0.453. The largest absolute Gasteiger partial charge is 0.389 e. The van der Waals surface area contributed by atoms with Gasteiger partial charge in [-0.05, 0) is 42.0 Å². The van der Waals surface area contributed by atoms with Crippen LogP contribution in [0.25, 0.3) is 0 Å². The molecule has 0 heterocycles. The number of hydrogen-bond donors (Lipinski definition) is 1. The summed E-state index contributed by atoms with van der Waals surface area (Å²) in [6.45, 7) is 0. The van der Waals surface area contributed by atoms with Crippen molar-refractivity contribution in [2.45, 2.75) is 12.5 Å². The SMILES string of the molecule is OC(Cc1ccccc1)C[P+](c1ccccc1)(c1ccccc1)c1ccccc1. The van der Waals surface area contributed by atoms with E-state index in [-0.39, 0.29) is 0 Å². The molecule has 1 nitrogen and oxygen atoms in total. The Hall–Kier alpha value is -2.73. The molecule has 4 aromatic carbocycles. The Morgan fingerprint density at radius 1 is 0.517 bits per heavy atom. The zero-order valence-electron chi connectivity index (χ0n) is 16.4. The van der Waals surface area contributed by atoms with Crippen LogP contribution in [0.15, 0.2) is 121 Å². The van der Waals surface area contributed by atoms with E-state index in [1.807, 2.05) is 18.2 Å². The number of rotatable bonds is 7. The fraction of sp³-hybridized carbons (Fsp3) is 0.111. The van der Waals surface area contributed by atoms with Crippen molar-refractivity contribution in [2.24, 2.45) is 0 Å². The smallest absolute Gasteiger partial charge is 0.114 e. The van der Waals surface area contributed by atoms with Crippen LogP contribution in [0.1, 0.15) is 5.56 Å². The van der Waals surface area contributed by atoms with Crippen molar-refractivity contribution in [3.63, 3.8) is 0 Å². The number of aliphatic hydroxyl groups is 1. The molecular formula is C27H26OP+. The predicted octanol–water partition coefficient (Wildman–Crippen LogP) is 4.58. The summed E-state index contributed by atoms with van der Waals surface area (Å²) in [6, 6.07) is 42.5. The lowest BCUT2D eigenvalue weighted by Gasteiger charge is -2.29. The third kappa shape index (κ3) is 4.32. The van der Waals surface area contributed by atoms with E-state index in [2.05, 4.69) is 103 Å². The fourth-order valence-electron chi connectivity index (χ4n) is 4.08. The zero-order valence-corrected chi connectivity index (χ0v) is 17.3. The van der Waals surface area contributed by atoms with Crippen molar-refractivity contribution in [3.05, 3.63) is 127 Å². The molecule has 4 aromatic rings. The Morgan fingerprint density at radius 2 is 0.862 bits per heavy atom. The van der Waals surface area contributed by atoms with Gasteiger partial charge in [0.25, 0.3) is 0 Å². The minimum absolute atomic E-state index is 0.425. The minimum atomic E-state index is -2.00. The Bertz CT molecular complexity index is 905. The van der Waals surface area contributed by atoms with E-state index in [9.17, 15) is 5.11 Å². The van der Waals surface area contributed by atoms with E-state index >= 15 is 0 Å². The number of aliphatic hydroxyl groups excluding tert-OH is 1. The van der Waals surface area contributed by atoms with Crippen LogP contribution in [0.5, 0.6) is 0 Å². The first kappa shape index (κ1) is 19.6. The van der Waals surface area contributed by atoms with Gasteiger partial charge in [-0.3, -0.25) is 0 Å². The van der Waals surface area contributed by atoms with E-state index < -0.39 is 13.4 Å². The van der Waals surface area contributed by atoms with Gasteiger partial charge in [0.2, 0.25) is 0 Å². The third-order valence-corrected chi connectivity index (χ3v) is 9.90. The molecule has 0 bridgehead atoms. The lowest BCUT2D eigenvalue weighted by atomic mass is 10.1. The maximum atomic E-state index is 11.2. The molecule has 4 rings (SSSR count). The summed E-state index contributed by atoms with van der Waals surface area (Å²) in [5, 5.41) is 15.2. The summed E-state index contributed by atoms with van der Waals surface area (Å²) in [5.74, 6) is 0. The molecule has 0 saturated heterocycles. The van der Waals surface area contributed by atoms with Crippen molar-refractivity contribution >= 4 is 23.2 Å². The van der Waals surface area contributed by atoms with Crippen molar-refractivity contribution in [2.75, 3.05) is 6.16 Å². The maximum Gasteiger partial charge on any atom is 0.114 e. The molecule has 0 fully saturated rings. The highest BCUT2D eigenvalue weighted by Crippen LogP contribution is 2.55. The van der Waals surface area contributed by atoms with E-state index in [0.717, 1.165) is 6.16 Å². The van der Waals surface area contributed by atoms with Crippen molar-refractivity contribution < 1.29 is 5.11 Å². The molecule has 1 unspecified atom stereocenters. The molecule has 1 N–H and O–H groups in total. The molecule has 0 aliphatic rings. The molecule has 2 heteroatoms. The summed E-state index contributed by atoms with van der Waals surface area (Å²) < 4.78 is 0. The third-order valence-electron chi connectivity index (χ3n) is 5.39. The molecule has 0 spiro atoms. The first-order valence-electron chi connectivity index (χ1n) is 10.1. The number of hydrogen-bond acceptors (Lipinski definition) is 1. The predicted molar refractivity (Wildman–Crippen MR) is 126 cm³/mol. The van der Waals surface area contributed by atoms with Crippen molar-refractivity contribution in [3.8, 4) is 0 Å². The molecule has 0 saturated carbocycles. The van der Waals surface area contributed by atoms with Crippen LogP contribution < -0.4 is 15.9 Å². The zero-order chi connectivity index (χ0) is 19.9. The summed E-state index contributed by atoms with van der Waals surface area (Å²) in [5.41, 5.74) is 1.17. The minimum Gasteiger partial charge on any atom is -0.389 e. The first-order chi connectivity index (χ1) is 14.3. The van der Waals surface area contributed by atoms with Gasteiger partial charge in [-0.15, -0.1) is 0 Å². The average Bonchev–Trinajstić information content (AvgIpc) is 2.80. The van der Waals surface area contributed by atoms with Gasteiger partial charge in [0.05, 0.1) is 12.3 Å². The topological polar surface area (TPSA) is 20.2 Å². The molecular weight excluding hydrogens is 371 g/mol. The van der Waals surface area contributed by atoms with Gasteiger partial charge in [0, 0.05) is 6.42 Å². The van der Waals surface area contributed by atoms with Crippen LogP contribution in [0, 0.1) is 0 Å². The van der Waals surface area contributed by atoms with Gasteiger partial charge < -0.3 is 5.11 Å². The lowest BCUT2D eigenvalue weighted by Crippen LogP contribution is -2.37. The monoisotopic (exact) mass is 397 g/mol. The van der Waals surface area contributed by atoms with Crippen LogP contribution in [-0.2, 0) is 6.42 Å². The Labute approximate surface area is 174 Å². The van der Waals surface area contributed by atoms with Gasteiger partial charge in [-0.25, -0.2) is 0 Å². The first-order valence-corrected chi connectivity index (χ1v) is 12.0. The molecule has 0 aromatic heterocycles. The van der Waals surface area contributed by atoms with E-state index in [4.69, 9.17) is 0 Å². The fourth-order valence-corrected chi connectivity index (χ4v) is 8.41. The highest BCUT2D eigenvalue weighted by molar-refractivity contribution is 7.95. The molecule has 144 valence electrons. The highest BCUT2D eigenvalue weighted by Gasteiger charge is 2.46. The van der Waals surface area contributed by atoms with Crippen LogP contribution in [0.2, 0.25) is 0 Å². The lowest BCUT2D eigenvalue weighted by molar-refractivity contribution is 0.199. The second kappa shape index (κ2) is 9.18. The van der Waals surface area contributed by atoms with E-state index in [1.54, 1.807) is 0 Å². The Balaban J connectivity index is 1.83. The van der Waals surface area contributed by atoms with Gasteiger partial charge >= 0.3 is 0 Å². The average molecular weight is 397 g/mol. The highest BCUT2D eigenvalue weighted by atomic mass is 31.2.